The van der Waals surface area contributed by atoms with Crippen LogP contribution in [0.5, 0.6) is 74.7 Å². The van der Waals surface area contributed by atoms with Gasteiger partial charge in [-0.1, -0.05) is 24.3 Å². The molecule has 0 aromatic heterocycles. The third-order valence-corrected chi connectivity index (χ3v) is 22.6. The highest BCUT2D eigenvalue weighted by molar-refractivity contribution is 6.07. The predicted octanol–water partition coefficient (Wildman–Crippen LogP) is 14.3. The number of carboxylic acids is 4. The second-order valence-corrected chi connectivity index (χ2v) is 33.6. The summed E-state index contributed by atoms with van der Waals surface area (Å²) in [6, 6.07) is 47.3. The fourth-order valence-corrected chi connectivity index (χ4v) is 15.3. The first kappa shape index (κ1) is 87.3. The van der Waals surface area contributed by atoms with E-state index in [2.05, 4.69) is 39.2 Å². The number of ether oxygens (including phenoxy) is 8. The zero-order valence-corrected chi connectivity index (χ0v) is 71.0. The van der Waals surface area contributed by atoms with Gasteiger partial charge in [-0.05, 0) is 165 Å². The summed E-state index contributed by atoms with van der Waals surface area (Å²) in [5.41, 5.74) is 2.79. The minimum absolute atomic E-state index is 0.141. The lowest BCUT2D eigenvalue weighted by atomic mass is 9.93. The van der Waals surface area contributed by atoms with Crippen LogP contribution in [0.2, 0.25) is 0 Å². The fourth-order valence-electron chi connectivity index (χ4n) is 15.3. The molecule has 0 bridgehead atoms. The Kier molecular flexibility index (Phi) is 26.6. The lowest BCUT2D eigenvalue weighted by Crippen LogP contribution is -2.52. The number of nitrogens with zero attached hydrogens (tertiary/aromatic N) is 12. The third kappa shape index (κ3) is 20.6. The Labute approximate surface area is 709 Å². The molecule has 0 saturated carbocycles. The fraction of sp³-hybridized carbons (Fsp3) is 0.391. The van der Waals surface area contributed by atoms with Crippen molar-refractivity contribution < 1.29 is 87.0 Å². The number of carboxylic acid groups (broad SMARTS) is 4. The Morgan fingerprint density at radius 1 is 0.320 bits per heavy atom. The van der Waals surface area contributed by atoms with Crippen LogP contribution in [0.4, 0.5) is 27.1 Å². The van der Waals surface area contributed by atoms with E-state index in [0.717, 1.165) is 141 Å². The van der Waals surface area contributed by atoms with E-state index < -0.39 is 45.5 Å². The molecule has 8 aliphatic rings. The Morgan fingerprint density at radius 2 is 0.566 bits per heavy atom. The average molecular weight is 1670 g/mol. The lowest BCUT2D eigenvalue weighted by Gasteiger charge is -2.39. The first-order valence-corrected chi connectivity index (χ1v) is 40.7. The number of hydrogen-bond donors (Lipinski definition) is 5. The first-order chi connectivity index (χ1) is 58.3. The maximum Gasteiger partial charge on any atom is 0.310 e. The normalized spacial score (nSPS) is 16.6. The van der Waals surface area contributed by atoms with Crippen LogP contribution in [-0.2, 0) is 19.2 Å². The quantitative estimate of drug-likeness (QED) is 0.0600. The standard InChI is InChI=1S/C24H29N3O5.C23H26FN3O4.C23H27N3O4.C22H25N3O4/c1-24(2,23(28)29)15-26-9-11-27(12-10-26)22-18-13-16(30-3)5-7-20(18)32-21-8-6-17(31-4)14-19(21)25-22;1-23(2,22(28)29)14-26-8-10-27(11-9-26)21-17-12-15(24)4-6-19(17)31-20-7-5-16(30-3)13-18(20)25-21;1-23(2,22(27)28)15-25-10-12-26(13-11-25)21-17-6-4-5-7-19(17)30-20-9-8-16(29-3)14-18(20)24-21;1-22(2,21(27)28)14-24-9-11-25(12-10-24)20-16-5-3-4-6-18(16)29-19-8-7-15(26)13-17(19)23-20/h5-8,13-14H,9-12,15H2,1-4H3,(H,28,29);4-7,12-13H,8-11,14H2,1-3H3,(H,28,29);4-9,14H,10-13,15H2,1-3H3,(H,27,28);3-8,13,26H,9-12,14H2,1-2H3,(H,27,28). The van der Waals surface area contributed by atoms with Gasteiger partial charge < -0.3 is 83.0 Å². The monoisotopic (exact) mass is 1670 g/mol. The molecule has 122 heavy (non-hydrogen) atoms. The van der Waals surface area contributed by atoms with E-state index >= 15 is 0 Å². The number of halogens is 1. The Bertz CT molecular complexity index is 5310. The summed E-state index contributed by atoms with van der Waals surface area (Å²) in [4.78, 5) is 83.0. The summed E-state index contributed by atoms with van der Waals surface area (Å²) in [7, 11) is 6.49. The number of aliphatic imine (C=N–C) groups is 4. The van der Waals surface area contributed by atoms with Crippen LogP contribution >= 0.6 is 0 Å². The van der Waals surface area contributed by atoms with E-state index in [0.29, 0.717) is 127 Å². The molecule has 5 N–H and O–H groups in total. The summed E-state index contributed by atoms with van der Waals surface area (Å²) >= 11 is 0. The topological polar surface area (TPSA) is 319 Å². The summed E-state index contributed by atoms with van der Waals surface area (Å²) in [5, 5.41) is 47.6. The molecule has 30 heteroatoms. The van der Waals surface area contributed by atoms with Crippen molar-refractivity contribution in [3.05, 3.63) is 186 Å². The van der Waals surface area contributed by atoms with Crippen LogP contribution in [0.1, 0.15) is 77.6 Å². The molecule has 8 aromatic rings. The Balaban J connectivity index is 0.000000140. The largest absolute Gasteiger partial charge is 0.508 e. The molecule has 0 spiro atoms. The minimum atomic E-state index is -0.818. The molecule has 644 valence electrons. The molecule has 16 rings (SSSR count). The summed E-state index contributed by atoms with van der Waals surface area (Å²) in [6.07, 6.45) is 0. The zero-order chi connectivity index (χ0) is 87.0. The Morgan fingerprint density at radius 3 is 0.869 bits per heavy atom. The van der Waals surface area contributed by atoms with Gasteiger partial charge >= 0.3 is 23.9 Å². The lowest BCUT2D eigenvalue weighted by molar-refractivity contribution is -0.149. The van der Waals surface area contributed by atoms with E-state index in [9.17, 15) is 49.1 Å². The maximum atomic E-state index is 14.1. The molecular formula is C92H107FN12O17. The number of methoxy groups -OCH3 is 4. The number of aliphatic carboxylic acids is 4. The number of benzene rings is 8. The van der Waals surface area contributed by atoms with E-state index in [4.69, 9.17) is 57.9 Å². The third-order valence-electron chi connectivity index (χ3n) is 22.6. The van der Waals surface area contributed by atoms with Crippen molar-refractivity contribution in [2.24, 2.45) is 41.6 Å². The van der Waals surface area contributed by atoms with E-state index in [1.807, 2.05) is 103 Å². The second-order valence-electron chi connectivity index (χ2n) is 33.6. The van der Waals surface area contributed by atoms with Gasteiger partial charge in [0.2, 0.25) is 0 Å². The number of piperazine rings is 4. The van der Waals surface area contributed by atoms with Crippen LogP contribution in [-0.4, -0.2) is 271 Å². The molecule has 29 nitrogen and oxygen atoms in total. The van der Waals surface area contributed by atoms with Gasteiger partial charge in [-0.25, -0.2) is 24.4 Å². The van der Waals surface area contributed by atoms with Gasteiger partial charge in [-0.15, -0.1) is 0 Å². The molecule has 8 heterocycles. The summed E-state index contributed by atoms with van der Waals surface area (Å²) < 4.78 is 60.1. The molecule has 8 aliphatic heterocycles. The Hall–Kier alpha value is -12.5. The predicted molar refractivity (Wildman–Crippen MR) is 462 cm³/mol. The number of fused-ring (bicyclic) bond motifs is 8. The SMILES string of the molecule is CC(C)(CN1CCN(C2=Nc3cc(O)ccc3Oc3ccccc32)CC1)C(=O)O.COc1ccc2c(c1)N=C(N1CCN(CC(C)(C)C(=O)O)CC1)c1cc(F)ccc1O2.COc1ccc2c(c1)N=C(N1CCN(CC(C)(C)C(=O)O)CC1)c1cc(OC)ccc1O2.COc1ccc2c(c1)N=C(N1CCN(CC(C)(C)C(=O)O)CC1)c1ccccc1O2. The van der Waals surface area contributed by atoms with E-state index in [1.165, 1.54) is 12.1 Å². The van der Waals surface area contributed by atoms with Crippen LogP contribution < -0.4 is 37.9 Å². The number of rotatable bonds is 16. The van der Waals surface area contributed by atoms with E-state index in [-0.39, 0.29) is 11.6 Å². The minimum Gasteiger partial charge on any atom is -0.508 e. The van der Waals surface area contributed by atoms with Gasteiger partial charge in [-0.2, -0.15) is 0 Å². The van der Waals surface area contributed by atoms with Gasteiger partial charge in [0.1, 0.15) is 104 Å². The number of hydrogen-bond acceptors (Lipinski definition) is 25. The van der Waals surface area contributed by atoms with Crippen molar-refractivity contribution in [1.29, 1.82) is 0 Å². The highest BCUT2D eigenvalue weighted by Gasteiger charge is 2.39. The molecule has 4 fully saturated rings. The van der Waals surface area contributed by atoms with Crippen molar-refractivity contribution in [3.63, 3.8) is 0 Å². The molecule has 0 unspecified atom stereocenters. The average Bonchev–Trinajstić information content (AvgIpc) is 1.64. The molecule has 0 aliphatic carbocycles. The number of amidine groups is 4. The van der Waals surface area contributed by atoms with Crippen molar-refractivity contribution in [1.82, 2.24) is 39.2 Å². The molecule has 4 saturated heterocycles. The zero-order valence-electron chi connectivity index (χ0n) is 71.0. The number of aromatic hydroxyl groups is 1. The number of carbonyl (C=O) groups is 4. The van der Waals surface area contributed by atoms with Crippen molar-refractivity contribution in [3.8, 4) is 74.7 Å². The molecule has 0 amide bonds. The van der Waals surface area contributed by atoms with Gasteiger partial charge in [0.05, 0.1) is 72.4 Å². The molecular weight excluding hydrogens is 1560 g/mol. The highest BCUT2D eigenvalue weighted by atomic mass is 19.1. The molecule has 8 aromatic carbocycles. The number of phenolic OH excluding ortho intramolecular Hbond substituents is 1. The van der Waals surface area contributed by atoms with Gasteiger partial charge in [-0.3, -0.25) is 38.8 Å². The van der Waals surface area contributed by atoms with Crippen molar-refractivity contribution in [2.45, 2.75) is 55.4 Å². The maximum absolute atomic E-state index is 14.1. The van der Waals surface area contributed by atoms with Crippen LogP contribution in [0, 0.1) is 27.5 Å². The number of phenols is 1. The van der Waals surface area contributed by atoms with Gasteiger partial charge in [0, 0.05) is 155 Å². The van der Waals surface area contributed by atoms with Crippen molar-refractivity contribution in [2.75, 3.05) is 159 Å². The number of para-hydroxylation sites is 2. The summed E-state index contributed by atoms with van der Waals surface area (Å²) in [6.45, 7) is 27.8. The summed E-state index contributed by atoms with van der Waals surface area (Å²) in [5.74, 6) is 7.87. The molecule has 0 atom stereocenters. The highest BCUT2D eigenvalue weighted by Crippen LogP contribution is 2.46. The van der Waals surface area contributed by atoms with Gasteiger partial charge in [0.15, 0.2) is 23.0 Å². The first-order valence-electron chi connectivity index (χ1n) is 40.7. The second kappa shape index (κ2) is 37.2. The van der Waals surface area contributed by atoms with Crippen LogP contribution in [0.25, 0.3) is 0 Å². The smallest absolute Gasteiger partial charge is 0.310 e. The van der Waals surface area contributed by atoms with Crippen LogP contribution in [0.15, 0.2) is 178 Å². The molecule has 0 radical (unpaired) electrons. The van der Waals surface area contributed by atoms with E-state index in [1.54, 1.807) is 126 Å². The van der Waals surface area contributed by atoms with Crippen molar-refractivity contribution >= 4 is 70.0 Å². The van der Waals surface area contributed by atoms with Gasteiger partial charge in [0.25, 0.3) is 0 Å². The van der Waals surface area contributed by atoms with Crippen LogP contribution in [0.3, 0.4) is 0 Å².